The fourth-order valence-electron chi connectivity index (χ4n) is 1.73. The zero-order valence-electron chi connectivity index (χ0n) is 9.07. The lowest BCUT2D eigenvalue weighted by atomic mass is 10.0. The van der Waals surface area contributed by atoms with Crippen LogP contribution in [0.2, 0.25) is 0 Å². The number of aliphatic hydroxyl groups excluding tert-OH is 1. The fourth-order valence-corrected chi connectivity index (χ4v) is 2.44. The highest BCUT2D eigenvalue weighted by molar-refractivity contribution is 9.10. The van der Waals surface area contributed by atoms with Gasteiger partial charge in [-0.15, -0.1) is 0 Å². The number of aliphatic hydroxyl groups is 1. The first-order valence-corrected chi connectivity index (χ1v) is 5.91. The van der Waals surface area contributed by atoms with Crippen LogP contribution in [0.15, 0.2) is 53.0 Å². The highest BCUT2D eigenvalue weighted by Gasteiger charge is 2.13. The maximum Gasteiger partial charge on any atom is 0.101 e. The van der Waals surface area contributed by atoms with Crippen molar-refractivity contribution in [3.05, 3.63) is 58.6 Å². The summed E-state index contributed by atoms with van der Waals surface area (Å²) in [5, 5.41) is 12.3. The number of hydrogen-bond acceptors (Lipinski definition) is 1. The van der Waals surface area contributed by atoms with Crippen molar-refractivity contribution in [3.63, 3.8) is 0 Å². The first kappa shape index (κ1) is 11.4. The SMILES string of the molecule is C=C(C)C(O)c1ccc2ccccc2c1Br. The second-order valence-electron chi connectivity index (χ2n) is 3.94. The van der Waals surface area contributed by atoms with Crippen LogP contribution < -0.4 is 0 Å². The largest absolute Gasteiger partial charge is 0.384 e. The molecule has 0 radical (unpaired) electrons. The van der Waals surface area contributed by atoms with Crippen LogP contribution >= 0.6 is 15.9 Å². The third-order valence-corrected chi connectivity index (χ3v) is 3.54. The van der Waals surface area contributed by atoms with Gasteiger partial charge in [0.1, 0.15) is 6.10 Å². The van der Waals surface area contributed by atoms with Crippen molar-refractivity contribution in [2.24, 2.45) is 0 Å². The molecule has 2 aromatic carbocycles. The zero-order valence-corrected chi connectivity index (χ0v) is 10.7. The van der Waals surface area contributed by atoms with E-state index in [1.54, 1.807) is 0 Å². The predicted octanol–water partition coefficient (Wildman–Crippen LogP) is 4.21. The van der Waals surface area contributed by atoms with Gasteiger partial charge >= 0.3 is 0 Å². The fraction of sp³-hybridized carbons (Fsp3) is 0.143. The Balaban J connectivity index is 2.65. The van der Waals surface area contributed by atoms with E-state index in [0.29, 0.717) is 0 Å². The number of fused-ring (bicyclic) bond motifs is 1. The molecule has 2 aromatic rings. The lowest BCUT2D eigenvalue weighted by Crippen LogP contribution is -1.99. The van der Waals surface area contributed by atoms with Crippen molar-refractivity contribution in [3.8, 4) is 0 Å². The Morgan fingerprint density at radius 3 is 2.62 bits per heavy atom. The average Bonchev–Trinajstić information content (AvgIpc) is 2.29. The second-order valence-corrected chi connectivity index (χ2v) is 4.73. The van der Waals surface area contributed by atoms with E-state index in [-0.39, 0.29) is 0 Å². The van der Waals surface area contributed by atoms with Crippen LogP contribution in [0, 0.1) is 0 Å². The number of hydrogen-bond donors (Lipinski definition) is 1. The minimum Gasteiger partial charge on any atom is -0.384 e. The summed E-state index contributed by atoms with van der Waals surface area (Å²) >= 11 is 3.55. The van der Waals surface area contributed by atoms with Crippen LogP contribution in [0.5, 0.6) is 0 Å². The number of rotatable bonds is 2. The molecule has 82 valence electrons. The highest BCUT2D eigenvalue weighted by atomic mass is 79.9. The minimum atomic E-state index is -0.612. The number of halogens is 1. The van der Waals surface area contributed by atoms with E-state index in [9.17, 15) is 5.11 Å². The van der Waals surface area contributed by atoms with Gasteiger partial charge in [-0.25, -0.2) is 0 Å². The van der Waals surface area contributed by atoms with E-state index in [2.05, 4.69) is 28.6 Å². The monoisotopic (exact) mass is 276 g/mol. The van der Waals surface area contributed by atoms with Gasteiger partial charge in [-0.3, -0.25) is 0 Å². The Labute approximate surface area is 104 Å². The molecule has 2 rings (SSSR count). The van der Waals surface area contributed by atoms with Crippen LogP contribution in [0.1, 0.15) is 18.6 Å². The Kier molecular flexibility index (Phi) is 3.13. The van der Waals surface area contributed by atoms with E-state index >= 15 is 0 Å². The zero-order chi connectivity index (χ0) is 11.7. The van der Waals surface area contributed by atoms with Crippen LogP contribution in [0.3, 0.4) is 0 Å². The molecule has 1 N–H and O–H groups in total. The summed E-state index contributed by atoms with van der Waals surface area (Å²) in [6, 6.07) is 12.0. The molecule has 1 nitrogen and oxygen atoms in total. The van der Waals surface area contributed by atoms with E-state index < -0.39 is 6.10 Å². The van der Waals surface area contributed by atoms with E-state index in [0.717, 1.165) is 26.4 Å². The van der Waals surface area contributed by atoms with E-state index in [1.807, 2.05) is 37.3 Å². The molecule has 0 spiro atoms. The predicted molar refractivity (Wildman–Crippen MR) is 71.4 cm³/mol. The molecule has 0 fully saturated rings. The summed E-state index contributed by atoms with van der Waals surface area (Å²) in [5.41, 5.74) is 1.61. The summed E-state index contributed by atoms with van der Waals surface area (Å²) < 4.78 is 0.945. The molecule has 1 unspecified atom stereocenters. The van der Waals surface area contributed by atoms with Gasteiger partial charge in [0.25, 0.3) is 0 Å². The molecule has 0 aromatic heterocycles. The normalized spacial score (nSPS) is 12.7. The lowest BCUT2D eigenvalue weighted by Gasteiger charge is -2.14. The molecule has 0 aliphatic rings. The molecule has 0 amide bonds. The smallest absolute Gasteiger partial charge is 0.101 e. The van der Waals surface area contributed by atoms with Gasteiger partial charge in [-0.2, -0.15) is 0 Å². The molecule has 2 heteroatoms. The first-order valence-electron chi connectivity index (χ1n) is 5.12. The van der Waals surface area contributed by atoms with Crippen LogP contribution in [-0.2, 0) is 0 Å². The third-order valence-electron chi connectivity index (χ3n) is 2.65. The molecule has 0 saturated heterocycles. The van der Waals surface area contributed by atoms with Gasteiger partial charge < -0.3 is 5.11 Å². The van der Waals surface area contributed by atoms with Crippen molar-refractivity contribution in [2.75, 3.05) is 0 Å². The Bertz CT molecular complexity index is 545. The molecule has 0 aliphatic heterocycles. The third kappa shape index (κ3) is 1.91. The molecule has 0 heterocycles. The van der Waals surface area contributed by atoms with Crippen molar-refractivity contribution >= 4 is 26.7 Å². The van der Waals surface area contributed by atoms with Crippen molar-refractivity contribution in [1.82, 2.24) is 0 Å². The Morgan fingerprint density at radius 1 is 1.25 bits per heavy atom. The summed E-state index contributed by atoms with van der Waals surface area (Å²) in [4.78, 5) is 0. The summed E-state index contributed by atoms with van der Waals surface area (Å²) in [6.45, 7) is 5.61. The van der Waals surface area contributed by atoms with Gasteiger partial charge in [-0.05, 0) is 44.8 Å². The van der Waals surface area contributed by atoms with Crippen molar-refractivity contribution in [1.29, 1.82) is 0 Å². The van der Waals surface area contributed by atoms with Gasteiger partial charge in [0.15, 0.2) is 0 Å². The van der Waals surface area contributed by atoms with Crippen LogP contribution in [-0.4, -0.2) is 5.11 Å². The Morgan fingerprint density at radius 2 is 1.94 bits per heavy atom. The molecule has 1 atom stereocenters. The second kappa shape index (κ2) is 4.40. The number of benzene rings is 2. The van der Waals surface area contributed by atoms with Crippen LogP contribution in [0.4, 0.5) is 0 Å². The van der Waals surface area contributed by atoms with Gasteiger partial charge in [0.2, 0.25) is 0 Å². The average molecular weight is 277 g/mol. The summed E-state index contributed by atoms with van der Waals surface area (Å²) in [5.74, 6) is 0. The molecule has 0 bridgehead atoms. The molecule has 0 aliphatic carbocycles. The maximum absolute atomic E-state index is 10.0. The topological polar surface area (TPSA) is 20.2 Å². The standard InChI is InChI=1S/C14H13BrO/c1-9(2)14(16)12-8-7-10-5-3-4-6-11(10)13(12)15/h3-8,14,16H,1H2,2H3. The van der Waals surface area contributed by atoms with Crippen molar-refractivity contribution in [2.45, 2.75) is 13.0 Å². The highest BCUT2D eigenvalue weighted by Crippen LogP contribution is 2.33. The minimum absolute atomic E-state index is 0.612. The van der Waals surface area contributed by atoms with Gasteiger partial charge in [-0.1, -0.05) is 43.0 Å². The van der Waals surface area contributed by atoms with Gasteiger partial charge in [0.05, 0.1) is 0 Å². The van der Waals surface area contributed by atoms with E-state index in [1.165, 1.54) is 0 Å². The van der Waals surface area contributed by atoms with E-state index in [4.69, 9.17) is 0 Å². The molecular weight excluding hydrogens is 264 g/mol. The maximum atomic E-state index is 10.0. The quantitative estimate of drug-likeness (QED) is 0.815. The first-order chi connectivity index (χ1) is 7.61. The van der Waals surface area contributed by atoms with Crippen LogP contribution in [0.25, 0.3) is 10.8 Å². The molecule has 0 saturated carbocycles. The Hall–Kier alpha value is -1.12. The molecule has 16 heavy (non-hydrogen) atoms. The summed E-state index contributed by atoms with van der Waals surface area (Å²) in [7, 11) is 0. The van der Waals surface area contributed by atoms with Crippen molar-refractivity contribution < 1.29 is 5.11 Å². The van der Waals surface area contributed by atoms with Gasteiger partial charge in [0, 0.05) is 4.47 Å². The lowest BCUT2D eigenvalue weighted by molar-refractivity contribution is 0.215. The molecular formula is C14H13BrO. The summed E-state index contributed by atoms with van der Waals surface area (Å²) in [6.07, 6.45) is -0.612.